The molecule has 0 aromatic carbocycles. The summed E-state index contributed by atoms with van der Waals surface area (Å²) in [5.74, 6) is -0.728. The lowest BCUT2D eigenvalue weighted by Crippen LogP contribution is -2.65. The third-order valence-corrected chi connectivity index (χ3v) is 10.5. The number of esters is 2. The van der Waals surface area contributed by atoms with E-state index in [9.17, 15) is 19.5 Å². The van der Waals surface area contributed by atoms with Gasteiger partial charge in [-0.25, -0.2) is 0 Å². The van der Waals surface area contributed by atoms with E-state index in [4.69, 9.17) is 9.47 Å². The van der Waals surface area contributed by atoms with Crippen molar-refractivity contribution in [3.8, 4) is 0 Å². The van der Waals surface area contributed by atoms with Crippen LogP contribution in [0.2, 0.25) is 0 Å². The topological polar surface area (TPSA) is 89.9 Å². The second-order valence-electron chi connectivity index (χ2n) is 12.0. The first-order chi connectivity index (χ1) is 14.7. The van der Waals surface area contributed by atoms with Crippen LogP contribution in [0.4, 0.5) is 0 Å². The maximum absolute atomic E-state index is 12.8. The Morgan fingerprint density at radius 3 is 2.16 bits per heavy atom. The zero-order valence-corrected chi connectivity index (χ0v) is 21.0. The van der Waals surface area contributed by atoms with Gasteiger partial charge in [-0.2, -0.15) is 0 Å². The van der Waals surface area contributed by atoms with Crippen molar-refractivity contribution < 1.29 is 29.0 Å². The number of fused-ring (bicyclic) bond motifs is 3. The molecule has 2 unspecified atom stereocenters. The van der Waals surface area contributed by atoms with Gasteiger partial charge in [-0.3, -0.25) is 14.4 Å². The van der Waals surface area contributed by atoms with Crippen molar-refractivity contribution in [3.63, 3.8) is 0 Å². The summed E-state index contributed by atoms with van der Waals surface area (Å²) in [4.78, 5) is 36.1. The standard InChI is InChI=1S/C26H42O6/c1-16(27)32-20-11-13-24(4)18(23(20,2)3)10-14-26(6)19(24)9-8-17(22(30)31-7)25(26,5)15-12-21(28)29/h17-20H,8-15H2,1-7H3,(H,28,29)/t17-,18?,19?,20+,24+,25-,26-/m1/s1. The Hall–Kier alpha value is -1.59. The molecule has 32 heavy (non-hydrogen) atoms. The molecule has 0 bridgehead atoms. The van der Waals surface area contributed by atoms with Gasteiger partial charge in [-0.15, -0.1) is 0 Å². The van der Waals surface area contributed by atoms with Gasteiger partial charge in [0.15, 0.2) is 0 Å². The van der Waals surface area contributed by atoms with Crippen LogP contribution in [0.15, 0.2) is 0 Å². The maximum Gasteiger partial charge on any atom is 0.309 e. The first-order valence-electron chi connectivity index (χ1n) is 12.2. The fourth-order valence-electron chi connectivity index (χ4n) is 8.67. The molecule has 3 rings (SSSR count). The summed E-state index contributed by atoms with van der Waals surface area (Å²) >= 11 is 0. The Morgan fingerprint density at radius 1 is 0.938 bits per heavy atom. The molecule has 0 saturated heterocycles. The van der Waals surface area contributed by atoms with Crippen molar-refractivity contribution in [3.05, 3.63) is 0 Å². The van der Waals surface area contributed by atoms with E-state index >= 15 is 0 Å². The van der Waals surface area contributed by atoms with Crippen molar-refractivity contribution in [1.29, 1.82) is 0 Å². The molecule has 0 aromatic heterocycles. The van der Waals surface area contributed by atoms with E-state index in [2.05, 4.69) is 34.6 Å². The zero-order chi connectivity index (χ0) is 24.1. The number of carboxylic acid groups (broad SMARTS) is 1. The van der Waals surface area contributed by atoms with Crippen LogP contribution in [-0.4, -0.2) is 36.2 Å². The van der Waals surface area contributed by atoms with Crippen molar-refractivity contribution >= 4 is 17.9 Å². The van der Waals surface area contributed by atoms with Crippen molar-refractivity contribution in [1.82, 2.24) is 0 Å². The predicted octanol–water partition coefficient (Wildman–Crippen LogP) is 5.23. The Morgan fingerprint density at radius 2 is 1.59 bits per heavy atom. The molecule has 0 aliphatic heterocycles. The number of hydrogen-bond acceptors (Lipinski definition) is 5. The van der Waals surface area contributed by atoms with Gasteiger partial charge in [0, 0.05) is 18.8 Å². The normalized spacial score (nSPS) is 42.8. The molecule has 182 valence electrons. The fraction of sp³-hybridized carbons (Fsp3) is 0.885. The van der Waals surface area contributed by atoms with Gasteiger partial charge in [0.2, 0.25) is 0 Å². The first kappa shape index (κ1) is 25.0. The van der Waals surface area contributed by atoms with Crippen LogP contribution in [-0.2, 0) is 23.9 Å². The highest BCUT2D eigenvalue weighted by Gasteiger charge is 2.68. The molecule has 0 amide bonds. The molecule has 3 aliphatic rings. The minimum absolute atomic E-state index is 0.0543. The van der Waals surface area contributed by atoms with Gasteiger partial charge >= 0.3 is 17.9 Å². The van der Waals surface area contributed by atoms with Crippen LogP contribution in [0.25, 0.3) is 0 Å². The van der Waals surface area contributed by atoms with Gasteiger partial charge in [0.25, 0.3) is 0 Å². The van der Waals surface area contributed by atoms with Gasteiger partial charge < -0.3 is 14.6 Å². The zero-order valence-electron chi connectivity index (χ0n) is 21.0. The lowest BCUT2D eigenvalue weighted by atomic mass is 9.35. The number of rotatable bonds is 5. The SMILES string of the molecule is COC(=O)[C@H]1CCC2[C@@]3(C)CC[C@H](OC(C)=O)C(C)(C)C3CC[C@@]2(C)[C@]1(C)CCC(=O)O. The third kappa shape index (κ3) is 3.66. The summed E-state index contributed by atoms with van der Waals surface area (Å²) in [6.07, 6.45) is 5.91. The smallest absolute Gasteiger partial charge is 0.309 e. The van der Waals surface area contributed by atoms with Gasteiger partial charge in [0.1, 0.15) is 6.10 Å². The molecule has 6 nitrogen and oxygen atoms in total. The van der Waals surface area contributed by atoms with Crippen LogP contribution in [0.1, 0.15) is 92.9 Å². The van der Waals surface area contributed by atoms with Crippen LogP contribution in [0.5, 0.6) is 0 Å². The van der Waals surface area contributed by atoms with Crippen LogP contribution in [0.3, 0.4) is 0 Å². The third-order valence-electron chi connectivity index (χ3n) is 10.5. The van der Waals surface area contributed by atoms with Crippen LogP contribution in [0, 0.1) is 39.4 Å². The number of carbonyl (C=O) groups excluding carboxylic acids is 2. The lowest BCUT2D eigenvalue weighted by molar-refractivity contribution is -0.233. The number of aliphatic carboxylic acids is 1. The summed E-state index contributed by atoms with van der Waals surface area (Å²) in [6.45, 7) is 12.8. The average Bonchev–Trinajstić information content (AvgIpc) is 2.69. The highest BCUT2D eigenvalue weighted by Crippen LogP contribution is 2.73. The summed E-state index contributed by atoms with van der Waals surface area (Å²) < 4.78 is 11.0. The molecule has 3 aliphatic carbocycles. The largest absolute Gasteiger partial charge is 0.481 e. The molecule has 3 fully saturated rings. The predicted molar refractivity (Wildman–Crippen MR) is 121 cm³/mol. The number of ether oxygens (including phenoxy) is 2. The van der Waals surface area contributed by atoms with Crippen LogP contribution < -0.4 is 0 Å². The average molecular weight is 451 g/mol. The van der Waals surface area contributed by atoms with Gasteiger partial charge in [-0.1, -0.05) is 34.6 Å². The Balaban J connectivity index is 2.01. The Kier molecular flexibility index (Phi) is 6.51. The highest BCUT2D eigenvalue weighted by molar-refractivity contribution is 5.74. The molecule has 0 heterocycles. The molecular weight excluding hydrogens is 408 g/mol. The van der Waals surface area contributed by atoms with Crippen molar-refractivity contribution in [2.24, 2.45) is 39.4 Å². The minimum Gasteiger partial charge on any atom is -0.481 e. The molecule has 0 radical (unpaired) electrons. The van der Waals surface area contributed by atoms with E-state index in [0.717, 1.165) is 38.5 Å². The summed E-state index contributed by atoms with van der Waals surface area (Å²) in [5, 5.41) is 9.47. The van der Waals surface area contributed by atoms with E-state index in [1.807, 2.05) is 0 Å². The molecule has 6 heteroatoms. The molecule has 1 N–H and O–H groups in total. The first-order valence-corrected chi connectivity index (χ1v) is 12.2. The molecule has 0 aromatic rings. The van der Waals surface area contributed by atoms with E-state index in [1.54, 1.807) is 0 Å². The lowest BCUT2D eigenvalue weighted by Gasteiger charge is -2.70. The number of carboxylic acids is 1. The Bertz CT molecular complexity index is 774. The second-order valence-corrected chi connectivity index (χ2v) is 12.0. The second kappa shape index (κ2) is 8.32. The van der Waals surface area contributed by atoms with Crippen molar-refractivity contribution in [2.45, 2.75) is 99.0 Å². The maximum atomic E-state index is 12.8. The minimum atomic E-state index is -0.816. The van der Waals surface area contributed by atoms with Crippen molar-refractivity contribution in [2.75, 3.05) is 7.11 Å². The fourth-order valence-corrected chi connectivity index (χ4v) is 8.67. The monoisotopic (exact) mass is 450 g/mol. The summed E-state index contributed by atoms with van der Waals surface area (Å²) in [7, 11) is 1.44. The number of methoxy groups -OCH3 is 1. The van der Waals surface area contributed by atoms with Gasteiger partial charge in [-0.05, 0) is 73.0 Å². The van der Waals surface area contributed by atoms with E-state index in [0.29, 0.717) is 18.3 Å². The summed E-state index contributed by atoms with van der Waals surface area (Å²) in [6, 6.07) is 0. The molecule has 0 spiro atoms. The number of hydrogen-bond donors (Lipinski definition) is 1. The molecule has 3 saturated carbocycles. The van der Waals surface area contributed by atoms with Gasteiger partial charge in [0.05, 0.1) is 13.0 Å². The summed E-state index contributed by atoms with van der Waals surface area (Å²) in [5.41, 5.74) is -0.670. The number of carbonyl (C=O) groups is 3. The Labute approximate surface area is 192 Å². The van der Waals surface area contributed by atoms with Crippen LogP contribution >= 0.6 is 0 Å². The molecular formula is C26H42O6. The highest BCUT2D eigenvalue weighted by atomic mass is 16.5. The quantitative estimate of drug-likeness (QED) is 0.577. The van der Waals surface area contributed by atoms with E-state index in [-0.39, 0.29) is 46.6 Å². The van der Waals surface area contributed by atoms with E-state index in [1.165, 1.54) is 14.0 Å². The molecule has 7 atom stereocenters. The van der Waals surface area contributed by atoms with E-state index < -0.39 is 11.4 Å².